The lowest BCUT2D eigenvalue weighted by atomic mass is 10.0. The molecule has 0 aliphatic rings. The molecule has 0 aliphatic heterocycles. The molecule has 0 rings (SSSR count). The third-order valence-electron chi connectivity index (χ3n) is 15.9. The summed E-state index contributed by atoms with van der Waals surface area (Å²) in [7, 11) is 0. The highest BCUT2D eigenvalue weighted by molar-refractivity contribution is 5.71. The monoisotopic (exact) mass is 1160 g/mol. The zero-order valence-electron chi connectivity index (χ0n) is 55.2. The van der Waals surface area contributed by atoms with E-state index in [0.29, 0.717) is 19.3 Å². The van der Waals surface area contributed by atoms with Crippen LogP contribution in [0.2, 0.25) is 0 Å². The zero-order valence-corrected chi connectivity index (χ0v) is 55.2. The Bertz CT molecular complexity index is 1570. The van der Waals surface area contributed by atoms with Crippen molar-refractivity contribution in [3.8, 4) is 0 Å². The molecule has 1 atom stereocenters. The van der Waals surface area contributed by atoms with Gasteiger partial charge in [-0.2, -0.15) is 0 Å². The van der Waals surface area contributed by atoms with Crippen molar-refractivity contribution in [1.82, 2.24) is 0 Å². The second-order valence-electron chi connectivity index (χ2n) is 24.1. The van der Waals surface area contributed by atoms with Gasteiger partial charge in [-0.1, -0.05) is 318 Å². The molecule has 0 bridgehead atoms. The first-order valence-corrected chi connectivity index (χ1v) is 36.1. The lowest BCUT2D eigenvalue weighted by Gasteiger charge is -2.18. The average molecular weight is 1160 g/mol. The Morgan fingerprint density at radius 2 is 0.470 bits per heavy atom. The molecule has 0 aliphatic carbocycles. The molecule has 0 spiro atoms. The van der Waals surface area contributed by atoms with Crippen molar-refractivity contribution in [3.05, 3.63) is 85.1 Å². The van der Waals surface area contributed by atoms with Gasteiger partial charge in [0.15, 0.2) is 6.10 Å². The minimum atomic E-state index is -0.785. The summed E-state index contributed by atoms with van der Waals surface area (Å²) in [6, 6.07) is 0. The van der Waals surface area contributed by atoms with E-state index in [4.69, 9.17) is 14.2 Å². The van der Waals surface area contributed by atoms with E-state index in [-0.39, 0.29) is 31.1 Å². The van der Waals surface area contributed by atoms with Gasteiger partial charge in [-0.25, -0.2) is 0 Å². The normalized spacial score (nSPS) is 12.6. The van der Waals surface area contributed by atoms with Crippen molar-refractivity contribution >= 4 is 17.9 Å². The fourth-order valence-corrected chi connectivity index (χ4v) is 10.5. The first-order valence-electron chi connectivity index (χ1n) is 36.1. The summed E-state index contributed by atoms with van der Waals surface area (Å²) in [5.41, 5.74) is 0. The SMILES string of the molecule is CC/C=C\C/C=C\C/C=C\C/C=C\CCCCCCCCCCCCCCCCCCCCC(=O)OCC(COC(=O)CCCCCCC/C=C\C/C=C\CCCCCC)OC(=O)CCCCCCCCC/C=C\CCCCCCCCC. The van der Waals surface area contributed by atoms with E-state index in [1.165, 1.54) is 225 Å². The van der Waals surface area contributed by atoms with Gasteiger partial charge in [0.1, 0.15) is 13.2 Å². The van der Waals surface area contributed by atoms with Crippen LogP contribution in [0.1, 0.15) is 367 Å². The van der Waals surface area contributed by atoms with Crippen LogP contribution in [-0.4, -0.2) is 37.2 Å². The number of esters is 3. The van der Waals surface area contributed by atoms with Crippen molar-refractivity contribution in [2.45, 2.75) is 374 Å². The molecule has 0 radical (unpaired) electrons. The van der Waals surface area contributed by atoms with Gasteiger partial charge in [-0.3, -0.25) is 14.4 Å². The second-order valence-corrected chi connectivity index (χ2v) is 24.1. The van der Waals surface area contributed by atoms with Crippen molar-refractivity contribution in [3.63, 3.8) is 0 Å². The Morgan fingerprint density at radius 3 is 0.759 bits per heavy atom. The lowest BCUT2D eigenvalue weighted by Crippen LogP contribution is -2.30. The molecule has 0 heterocycles. The number of carbonyl (C=O) groups excluding carboxylic acids is 3. The molecule has 83 heavy (non-hydrogen) atoms. The van der Waals surface area contributed by atoms with Gasteiger partial charge < -0.3 is 14.2 Å². The summed E-state index contributed by atoms with van der Waals surface area (Å²) in [4.78, 5) is 38.5. The highest BCUT2D eigenvalue weighted by Crippen LogP contribution is 2.18. The number of allylic oxidation sites excluding steroid dienone is 14. The smallest absolute Gasteiger partial charge is 0.306 e. The summed E-state index contributed by atoms with van der Waals surface area (Å²) in [6.45, 7) is 6.54. The number of unbranched alkanes of at least 4 members (excludes halogenated alkanes) is 41. The van der Waals surface area contributed by atoms with Gasteiger partial charge >= 0.3 is 17.9 Å². The van der Waals surface area contributed by atoms with Crippen molar-refractivity contribution < 1.29 is 28.6 Å². The van der Waals surface area contributed by atoms with E-state index in [0.717, 1.165) is 103 Å². The summed E-state index contributed by atoms with van der Waals surface area (Å²) in [5, 5.41) is 0. The Morgan fingerprint density at radius 1 is 0.253 bits per heavy atom. The fourth-order valence-electron chi connectivity index (χ4n) is 10.5. The predicted molar refractivity (Wildman–Crippen MR) is 362 cm³/mol. The molecule has 0 saturated carbocycles. The van der Waals surface area contributed by atoms with E-state index in [2.05, 4.69) is 106 Å². The largest absolute Gasteiger partial charge is 0.462 e. The van der Waals surface area contributed by atoms with Gasteiger partial charge in [0, 0.05) is 19.3 Å². The third-order valence-corrected chi connectivity index (χ3v) is 15.9. The molecule has 0 N–H and O–H groups in total. The summed E-state index contributed by atoms with van der Waals surface area (Å²) in [6.07, 6.45) is 94.7. The van der Waals surface area contributed by atoms with Crippen molar-refractivity contribution in [2.75, 3.05) is 13.2 Å². The van der Waals surface area contributed by atoms with Crippen LogP contribution in [0.3, 0.4) is 0 Å². The van der Waals surface area contributed by atoms with Crippen LogP contribution in [0.4, 0.5) is 0 Å². The fraction of sp³-hybridized carbons (Fsp3) is 0.779. The minimum Gasteiger partial charge on any atom is -0.462 e. The van der Waals surface area contributed by atoms with E-state index in [1.807, 2.05) is 0 Å². The average Bonchev–Trinajstić information content (AvgIpc) is 3.49. The van der Waals surface area contributed by atoms with Gasteiger partial charge in [0.05, 0.1) is 0 Å². The van der Waals surface area contributed by atoms with Crippen molar-refractivity contribution in [1.29, 1.82) is 0 Å². The van der Waals surface area contributed by atoms with E-state index in [9.17, 15) is 14.4 Å². The van der Waals surface area contributed by atoms with Crippen molar-refractivity contribution in [2.24, 2.45) is 0 Å². The minimum absolute atomic E-state index is 0.0788. The molecule has 0 saturated heterocycles. The summed E-state index contributed by atoms with van der Waals surface area (Å²) < 4.78 is 17.0. The maximum Gasteiger partial charge on any atom is 0.306 e. The molecule has 6 heteroatoms. The van der Waals surface area contributed by atoms with E-state index < -0.39 is 6.10 Å². The number of ether oxygens (including phenoxy) is 3. The van der Waals surface area contributed by atoms with Gasteiger partial charge in [-0.05, 0) is 116 Å². The van der Waals surface area contributed by atoms with Crippen LogP contribution in [-0.2, 0) is 28.6 Å². The molecular formula is C77H136O6. The number of hydrogen-bond acceptors (Lipinski definition) is 6. The number of rotatable bonds is 66. The predicted octanol–water partition coefficient (Wildman–Crippen LogP) is 25.0. The molecule has 0 fully saturated rings. The molecule has 0 aromatic heterocycles. The zero-order chi connectivity index (χ0) is 59.9. The molecule has 0 aromatic rings. The lowest BCUT2D eigenvalue weighted by molar-refractivity contribution is -0.167. The highest BCUT2D eigenvalue weighted by Gasteiger charge is 2.19. The van der Waals surface area contributed by atoms with Crippen LogP contribution in [0.15, 0.2) is 85.1 Å². The quantitative estimate of drug-likeness (QED) is 0.0261. The summed E-state index contributed by atoms with van der Waals surface area (Å²) in [5.74, 6) is -0.877. The Balaban J connectivity index is 4.24. The van der Waals surface area contributed by atoms with Crippen LogP contribution in [0.25, 0.3) is 0 Å². The maximum atomic E-state index is 12.9. The molecular weight excluding hydrogens is 1020 g/mol. The first kappa shape index (κ1) is 79.6. The number of hydrogen-bond donors (Lipinski definition) is 0. The second kappa shape index (κ2) is 71.1. The van der Waals surface area contributed by atoms with Gasteiger partial charge in [0.25, 0.3) is 0 Å². The third kappa shape index (κ3) is 69.3. The first-order chi connectivity index (χ1) is 41.0. The topological polar surface area (TPSA) is 78.9 Å². The van der Waals surface area contributed by atoms with Crippen LogP contribution in [0, 0.1) is 0 Å². The Labute approximate surface area is 515 Å². The molecule has 0 aromatic carbocycles. The van der Waals surface area contributed by atoms with Crippen LogP contribution < -0.4 is 0 Å². The molecule has 1 unspecified atom stereocenters. The maximum absolute atomic E-state index is 12.9. The van der Waals surface area contributed by atoms with Crippen LogP contribution in [0.5, 0.6) is 0 Å². The molecule has 0 amide bonds. The van der Waals surface area contributed by atoms with E-state index >= 15 is 0 Å². The standard InChI is InChI=1S/C77H136O6/c1-4-7-10-13-16-19-22-25-28-31-33-34-35-36-37-38-39-40-41-42-43-44-45-47-49-52-55-58-61-64-67-70-76(79)82-73-74(72-81-75(78)69-66-63-60-57-54-51-48-30-27-24-21-18-15-12-9-6-3)83-77(80)71-68-65-62-59-56-53-50-46-32-29-26-23-20-17-14-11-8-5-2/h7,10,16,19,21,24-25,28-30,32-34,48,74H,4-6,8-9,11-15,17-18,20,22-23,26-27,31,35-47,49-73H2,1-3H3/b10-7-,19-16-,24-21-,28-25-,32-29-,34-33-,48-30-. The van der Waals surface area contributed by atoms with E-state index in [1.54, 1.807) is 0 Å². The highest BCUT2D eigenvalue weighted by atomic mass is 16.6. The Hall–Kier alpha value is -3.41. The Kier molecular flexibility index (Phi) is 68.2. The molecule has 480 valence electrons. The summed E-state index contributed by atoms with van der Waals surface area (Å²) >= 11 is 0. The molecule has 6 nitrogen and oxygen atoms in total. The van der Waals surface area contributed by atoms with Crippen LogP contribution >= 0.6 is 0 Å². The van der Waals surface area contributed by atoms with Gasteiger partial charge in [-0.15, -0.1) is 0 Å². The number of carbonyl (C=O) groups is 3. The van der Waals surface area contributed by atoms with Gasteiger partial charge in [0.2, 0.25) is 0 Å².